The number of likely N-dealkylation sites (tertiary alicyclic amines) is 1. The van der Waals surface area contributed by atoms with Gasteiger partial charge in [-0.25, -0.2) is 0 Å². The molecule has 7 heteroatoms. The van der Waals surface area contributed by atoms with E-state index in [0.29, 0.717) is 12.1 Å². The first-order valence-electron chi connectivity index (χ1n) is 8.54. The highest BCUT2D eigenvalue weighted by atomic mass is 16.7. The van der Waals surface area contributed by atoms with Crippen LogP contribution in [0.2, 0.25) is 0 Å². The molecule has 0 radical (unpaired) electrons. The van der Waals surface area contributed by atoms with Gasteiger partial charge in [0.1, 0.15) is 5.41 Å². The van der Waals surface area contributed by atoms with Gasteiger partial charge in [-0.2, -0.15) is 5.06 Å². The largest absolute Gasteiger partial charge is 0.379 e. The molecule has 1 N–H and O–H groups in total. The van der Waals surface area contributed by atoms with E-state index in [2.05, 4.69) is 0 Å². The molecule has 3 saturated heterocycles. The number of hydrogen-bond donors (Lipinski definition) is 1. The Morgan fingerprint density at radius 1 is 1.24 bits per heavy atom. The van der Waals surface area contributed by atoms with E-state index in [1.807, 2.05) is 24.3 Å². The fraction of sp³-hybridized carbons (Fsp3) is 0.556. The van der Waals surface area contributed by atoms with Gasteiger partial charge in [-0.1, -0.05) is 18.2 Å². The Balaban J connectivity index is 1.73. The van der Waals surface area contributed by atoms with Crippen LogP contribution in [0.15, 0.2) is 24.3 Å². The van der Waals surface area contributed by atoms with Crippen molar-refractivity contribution in [3.05, 3.63) is 29.8 Å². The van der Waals surface area contributed by atoms with Crippen molar-refractivity contribution in [3.63, 3.8) is 0 Å². The molecular weight excluding hydrogens is 324 g/mol. The zero-order valence-electron chi connectivity index (χ0n) is 14.1. The summed E-state index contributed by atoms with van der Waals surface area (Å²) in [5, 5.41) is 12.4. The van der Waals surface area contributed by atoms with E-state index in [9.17, 15) is 14.7 Å². The number of para-hydroxylation sites is 1. The molecule has 4 bridgehead atoms. The molecule has 7 nitrogen and oxygen atoms in total. The molecule has 1 aromatic rings. The van der Waals surface area contributed by atoms with Crippen LogP contribution in [0, 0.1) is 5.92 Å². The minimum absolute atomic E-state index is 0.134. The average molecular weight is 344 g/mol. The highest BCUT2D eigenvalue weighted by Gasteiger charge is 2.71. The molecule has 1 aromatic carbocycles. The number of nitrogens with zero attached hydrogens (tertiary/aromatic N) is 2. The minimum Gasteiger partial charge on any atom is -0.379 e. The van der Waals surface area contributed by atoms with Gasteiger partial charge in [0.25, 0.3) is 11.8 Å². The summed E-state index contributed by atoms with van der Waals surface area (Å²) >= 11 is 0. The summed E-state index contributed by atoms with van der Waals surface area (Å²) < 4.78 is 6.06. The molecule has 2 amide bonds. The molecule has 5 aliphatic rings. The van der Waals surface area contributed by atoms with Crippen LogP contribution in [0.25, 0.3) is 0 Å². The van der Waals surface area contributed by atoms with Crippen molar-refractivity contribution in [2.45, 2.75) is 36.0 Å². The van der Waals surface area contributed by atoms with Gasteiger partial charge in [-0.05, 0) is 18.1 Å². The van der Waals surface area contributed by atoms with E-state index < -0.39 is 17.1 Å². The molecule has 0 aromatic heterocycles. The molecule has 4 aliphatic heterocycles. The first-order valence-corrected chi connectivity index (χ1v) is 8.54. The minimum atomic E-state index is -1.44. The van der Waals surface area contributed by atoms with E-state index in [-0.39, 0.29) is 36.8 Å². The van der Waals surface area contributed by atoms with Crippen molar-refractivity contribution in [1.29, 1.82) is 0 Å². The van der Waals surface area contributed by atoms with E-state index in [1.165, 1.54) is 12.2 Å². The third-order valence-corrected chi connectivity index (χ3v) is 6.67. The molecule has 2 unspecified atom stereocenters. The maximum absolute atomic E-state index is 13.4. The van der Waals surface area contributed by atoms with Crippen LogP contribution in [0.3, 0.4) is 0 Å². The van der Waals surface area contributed by atoms with Crippen LogP contribution in [0.4, 0.5) is 5.69 Å². The van der Waals surface area contributed by atoms with Gasteiger partial charge in [-0.15, -0.1) is 0 Å². The van der Waals surface area contributed by atoms with Crippen LogP contribution in [-0.4, -0.2) is 60.3 Å². The highest BCUT2D eigenvalue weighted by molar-refractivity contribution is 6.07. The van der Waals surface area contributed by atoms with Crippen LogP contribution >= 0.6 is 0 Å². The Labute approximate surface area is 145 Å². The maximum Gasteiger partial charge on any atom is 0.264 e. The molecule has 4 heterocycles. The number of aliphatic hydroxyl groups is 1. The van der Waals surface area contributed by atoms with E-state index in [1.54, 1.807) is 11.9 Å². The van der Waals surface area contributed by atoms with Crippen molar-refractivity contribution >= 4 is 17.5 Å². The van der Waals surface area contributed by atoms with Gasteiger partial charge in [-0.3, -0.25) is 14.4 Å². The Morgan fingerprint density at radius 2 is 2.00 bits per heavy atom. The van der Waals surface area contributed by atoms with Crippen LogP contribution in [0.5, 0.6) is 0 Å². The lowest BCUT2D eigenvalue weighted by atomic mass is 9.71. The number of benzene rings is 1. The van der Waals surface area contributed by atoms with Gasteiger partial charge < -0.3 is 14.7 Å². The summed E-state index contributed by atoms with van der Waals surface area (Å²) in [4.78, 5) is 33.0. The number of hydroxylamine groups is 1. The lowest BCUT2D eigenvalue weighted by molar-refractivity contribution is -0.169. The number of carbonyl (C=O) groups excluding carboxylic acids is 2. The van der Waals surface area contributed by atoms with Gasteiger partial charge in [0, 0.05) is 25.4 Å². The number of likely N-dealkylation sites (N-methyl/N-ethyl adjacent to an activating group) is 1. The number of fused-ring (bicyclic) bond motifs is 2. The van der Waals surface area contributed by atoms with E-state index in [0.717, 1.165) is 5.56 Å². The first-order chi connectivity index (χ1) is 11.9. The number of anilines is 1. The number of hydrogen-bond acceptors (Lipinski definition) is 5. The second kappa shape index (κ2) is 4.60. The van der Waals surface area contributed by atoms with E-state index in [4.69, 9.17) is 9.57 Å². The number of rotatable bonds is 1. The topological polar surface area (TPSA) is 79.3 Å². The molecule has 4 fully saturated rings. The van der Waals surface area contributed by atoms with Crippen molar-refractivity contribution in [1.82, 2.24) is 4.90 Å². The quantitative estimate of drug-likeness (QED) is 0.788. The summed E-state index contributed by atoms with van der Waals surface area (Å²) in [6.07, 6.45) is 0.0163. The smallest absolute Gasteiger partial charge is 0.264 e. The summed E-state index contributed by atoms with van der Waals surface area (Å²) in [5.41, 5.74) is -0.821. The summed E-state index contributed by atoms with van der Waals surface area (Å²) in [6.45, 7) is 0.284. The zero-order chi connectivity index (χ0) is 17.6. The lowest BCUT2D eigenvalue weighted by Crippen LogP contribution is -2.57. The summed E-state index contributed by atoms with van der Waals surface area (Å²) in [5.74, 6) is -0.746. The molecule has 1 aliphatic carbocycles. The third-order valence-electron chi connectivity index (χ3n) is 6.67. The Hall–Kier alpha value is -1.96. The fourth-order valence-electron chi connectivity index (χ4n) is 5.43. The molecule has 5 atom stereocenters. The third kappa shape index (κ3) is 1.53. The van der Waals surface area contributed by atoms with Crippen molar-refractivity contribution in [2.24, 2.45) is 5.92 Å². The van der Waals surface area contributed by atoms with Crippen LogP contribution in [0.1, 0.15) is 18.4 Å². The number of amides is 2. The van der Waals surface area contributed by atoms with Crippen LogP contribution in [-0.2, 0) is 24.6 Å². The standard InChI is InChI=1S/C18H20N2O5/c1-19-13-7-17(14-8-18(23,16(19)22)11(13)9-25-14)10-5-3-4-6-12(10)20(24-2)15(17)21/h3-6,11,13-14,23H,7-9H2,1-2H3/t11?,13?,14-,17+,18+/m1/s1. The zero-order valence-corrected chi connectivity index (χ0v) is 14.1. The van der Waals surface area contributed by atoms with Gasteiger partial charge in [0.2, 0.25) is 0 Å². The van der Waals surface area contributed by atoms with E-state index >= 15 is 0 Å². The summed E-state index contributed by atoms with van der Waals surface area (Å²) in [6, 6.07) is 7.30. The van der Waals surface area contributed by atoms with Crippen molar-refractivity contribution in [2.75, 3.05) is 25.8 Å². The van der Waals surface area contributed by atoms with Crippen molar-refractivity contribution in [3.8, 4) is 0 Å². The second-order valence-corrected chi connectivity index (χ2v) is 7.51. The normalized spacial score (nSPS) is 41.6. The molecule has 6 rings (SSSR count). The molecule has 1 saturated carbocycles. The number of carbonyl (C=O) groups is 2. The van der Waals surface area contributed by atoms with Crippen LogP contribution < -0.4 is 5.06 Å². The first kappa shape index (κ1) is 15.3. The molecule has 1 spiro atoms. The van der Waals surface area contributed by atoms with Gasteiger partial charge >= 0.3 is 0 Å². The van der Waals surface area contributed by atoms with Gasteiger partial charge in [0.15, 0.2) is 5.60 Å². The Kier molecular flexibility index (Phi) is 2.82. The van der Waals surface area contributed by atoms with Gasteiger partial charge in [0.05, 0.1) is 25.5 Å². The Bertz CT molecular complexity index is 797. The molecule has 132 valence electrons. The second-order valence-electron chi connectivity index (χ2n) is 7.51. The Morgan fingerprint density at radius 3 is 2.76 bits per heavy atom. The number of ether oxygens (including phenoxy) is 1. The maximum atomic E-state index is 13.4. The predicted molar refractivity (Wildman–Crippen MR) is 86.6 cm³/mol. The monoisotopic (exact) mass is 344 g/mol. The highest BCUT2D eigenvalue weighted by Crippen LogP contribution is 2.58. The fourth-order valence-corrected chi connectivity index (χ4v) is 5.43. The average Bonchev–Trinajstić information content (AvgIpc) is 2.82. The lowest BCUT2D eigenvalue weighted by Gasteiger charge is -2.41. The summed E-state index contributed by atoms with van der Waals surface area (Å²) in [7, 11) is 3.18. The molecular formula is C18H20N2O5. The predicted octanol–water partition coefficient (Wildman–Crippen LogP) is 0.213. The molecule has 25 heavy (non-hydrogen) atoms. The van der Waals surface area contributed by atoms with Crippen molar-refractivity contribution < 1.29 is 24.3 Å². The SMILES string of the molecule is CON1C(=O)[C@@]2(CC3C4CO[C@@H]2C[C@@]4(O)C(=O)N3C)c2ccccc21.